The van der Waals surface area contributed by atoms with Crippen LogP contribution in [0.2, 0.25) is 0 Å². The summed E-state index contributed by atoms with van der Waals surface area (Å²) in [6, 6.07) is 12.1. The summed E-state index contributed by atoms with van der Waals surface area (Å²) in [6.07, 6.45) is -1.17. The molecule has 0 atom stereocenters. The average Bonchev–Trinajstić information content (AvgIpc) is 3.16. The molecule has 0 spiro atoms. The monoisotopic (exact) mass is 432 g/mol. The van der Waals surface area contributed by atoms with Gasteiger partial charge in [0.1, 0.15) is 5.75 Å². The molecule has 10 heteroatoms. The number of aromatic nitrogens is 4. The predicted molar refractivity (Wildman–Crippen MR) is 106 cm³/mol. The average molecular weight is 432 g/mol. The Morgan fingerprint density at radius 3 is 2.63 bits per heavy atom. The van der Waals surface area contributed by atoms with Gasteiger partial charge in [-0.05, 0) is 23.8 Å². The van der Waals surface area contributed by atoms with Crippen molar-refractivity contribution in [3.8, 4) is 11.4 Å². The van der Waals surface area contributed by atoms with Gasteiger partial charge in [0, 0.05) is 24.2 Å². The molecule has 0 unspecified atom stereocenters. The predicted octanol–water partition coefficient (Wildman–Crippen LogP) is 4.20. The molecule has 4 rings (SSSR count). The quantitative estimate of drug-likeness (QED) is 0.443. The first kappa shape index (κ1) is 20.0. The van der Waals surface area contributed by atoms with Gasteiger partial charge in [0.25, 0.3) is 0 Å². The van der Waals surface area contributed by atoms with Gasteiger partial charge in [-0.15, -0.1) is 10.2 Å². The molecule has 30 heavy (non-hydrogen) atoms. The van der Waals surface area contributed by atoms with Crippen LogP contribution in [0.15, 0.2) is 70.9 Å². The van der Waals surface area contributed by atoms with Crippen LogP contribution in [0.5, 0.6) is 5.75 Å². The summed E-state index contributed by atoms with van der Waals surface area (Å²) < 4.78 is 46.8. The van der Waals surface area contributed by atoms with Crippen molar-refractivity contribution in [2.45, 2.75) is 17.1 Å². The number of hydrogen-bond donors (Lipinski definition) is 0. The Labute approximate surface area is 172 Å². The highest BCUT2D eigenvalue weighted by atomic mass is 32.2. The van der Waals surface area contributed by atoms with Crippen LogP contribution in [-0.2, 0) is 11.9 Å². The number of fused-ring (bicyclic) bond motifs is 1. The van der Waals surface area contributed by atoms with Crippen LogP contribution in [-0.4, -0.2) is 26.3 Å². The Bertz CT molecular complexity index is 1270. The van der Waals surface area contributed by atoms with E-state index in [1.807, 2.05) is 0 Å². The summed E-state index contributed by atoms with van der Waals surface area (Å²) >= 11 is 1.20. The summed E-state index contributed by atoms with van der Waals surface area (Å²) in [5, 5.41) is 8.40. The van der Waals surface area contributed by atoms with Gasteiger partial charge in [-0.25, -0.2) is 0 Å². The smallest absolute Gasteiger partial charge is 0.416 e. The first-order valence-electron chi connectivity index (χ1n) is 8.76. The van der Waals surface area contributed by atoms with Crippen molar-refractivity contribution in [3.05, 3.63) is 82.4 Å². The molecule has 0 radical (unpaired) electrons. The second-order valence-electron chi connectivity index (χ2n) is 6.34. The standard InChI is InChI=1S/C20H15F3N4O2S/c1-29-16-7-3-6-15(11-16)26-8-9-27-17(18(26)28)24-25-19(27)30-12-13-4-2-5-14(10-13)20(21,22)23/h2-11H,12H2,1H3. The minimum Gasteiger partial charge on any atom is -0.497 e. The van der Waals surface area contributed by atoms with E-state index in [0.29, 0.717) is 22.2 Å². The number of rotatable bonds is 5. The van der Waals surface area contributed by atoms with E-state index in [1.165, 1.54) is 33.9 Å². The Balaban J connectivity index is 1.61. The number of methoxy groups -OCH3 is 1. The number of benzene rings is 2. The van der Waals surface area contributed by atoms with Gasteiger partial charge in [0.05, 0.1) is 18.4 Å². The van der Waals surface area contributed by atoms with E-state index < -0.39 is 11.7 Å². The Morgan fingerprint density at radius 1 is 1.07 bits per heavy atom. The molecule has 0 aliphatic rings. The zero-order chi connectivity index (χ0) is 21.3. The molecule has 4 aromatic rings. The van der Waals surface area contributed by atoms with Crippen LogP contribution in [0, 0.1) is 0 Å². The molecule has 2 aromatic carbocycles. The molecular formula is C20H15F3N4O2S. The van der Waals surface area contributed by atoms with E-state index in [2.05, 4.69) is 10.2 Å². The third-order valence-corrected chi connectivity index (χ3v) is 5.41. The van der Waals surface area contributed by atoms with Gasteiger partial charge in [-0.3, -0.25) is 13.8 Å². The number of halogens is 3. The summed E-state index contributed by atoms with van der Waals surface area (Å²) in [4.78, 5) is 12.8. The SMILES string of the molecule is COc1cccc(-n2ccn3c(SCc4cccc(C(F)(F)F)c4)nnc3c2=O)c1. The Hall–Kier alpha value is -3.27. The minimum absolute atomic E-state index is 0.117. The van der Waals surface area contributed by atoms with Crippen molar-refractivity contribution >= 4 is 17.4 Å². The normalized spacial score (nSPS) is 11.7. The second-order valence-corrected chi connectivity index (χ2v) is 7.28. The lowest BCUT2D eigenvalue weighted by Gasteiger charge is -2.09. The second kappa shape index (κ2) is 7.86. The maximum absolute atomic E-state index is 12.9. The van der Waals surface area contributed by atoms with E-state index >= 15 is 0 Å². The van der Waals surface area contributed by atoms with Crippen LogP contribution >= 0.6 is 11.8 Å². The zero-order valence-corrected chi connectivity index (χ0v) is 16.4. The highest BCUT2D eigenvalue weighted by Crippen LogP contribution is 2.31. The summed E-state index contributed by atoms with van der Waals surface area (Å²) in [6.45, 7) is 0. The Kier molecular flexibility index (Phi) is 5.25. The molecular weight excluding hydrogens is 417 g/mol. The maximum Gasteiger partial charge on any atom is 0.416 e. The number of nitrogens with zero attached hydrogens (tertiary/aromatic N) is 4. The molecule has 0 amide bonds. The summed E-state index contributed by atoms with van der Waals surface area (Å²) in [5.74, 6) is 0.863. The minimum atomic E-state index is -4.40. The number of alkyl halides is 3. The van der Waals surface area contributed by atoms with Crippen LogP contribution in [0.3, 0.4) is 0 Å². The van der Waals surface area contributed by atoms with E-state index in [0.717, 1.165) is 12.1 Å². The molecule has 154 valence electrons. The molecule has 0 bridgehead atoms. The molecule has 0 aliphatic carbocycles. The molecule has 0 fully saturated rings. The number of hydrogen-bond acceptors (Lipinski definition) is 5. The Morgan fingerprint density at radius 2 is 1.87 bits per heavy atom. The fourth-order valence-corrected chi connectivity index (χ4v) is 3.77. The van der Waals surface area contributed by atoms with Gasteiger partial charge in [0.15, 0.2) is 5.16 Å². The molecule has 6 nitrogen and oxygen atoms in total. The molecule has 2 heterocycles. The largest absolute Gasteiger partial charge is 0.497 e. The third kappa shape index (κ3) is 3.90. The van der Waals surface area contributed by atoms with Gasteiger partial charge in [0.2, 0.25) is 5.65 Å². The van der Waals surface area contributed by atoms with Crippen molar-refractivity contribution in [3.63, 3.8) is 0 Å². The van der Waals surface area contributed by atoms with Crippen molar-refractivity contribution in [1.82, 2.24) is 19.2 Å². The summed E-state index contributed by atoms with van der Waals surface area (Å²) in [7, 11) is 1.54. The third-order valence-electron chi connectivity index (χ3n) is 4.39. The maximum atomic E-state index is 12.9. The van der Waals surface area contributed by atoms with Crippen molar-refractivity contribution in [2.24, 2.45) is 0 Å². The molecule has 0 aliphatic heterocycles. The number of thioether (sulfide) groups is 1. The van der Waals surface area contributed by atoms with Crippen molar-refractivity contribution in [1.29, 1.82) is 0 Å². The van der Waals surface area contributed by atoms with E-state index in [-0.39, 0.29) is 17.0 Å². The van der Waals surface area contributed by atoms with Crippen molar-refractivity contribution in [2.75, 3.05) is 7.11 Å². The topological polar surface area (TPSA) is 61.4 Å². The molecule has 2 aromatic heterocycles. The van der Waals surface area contributed by atoms with Gasteiger partial charge in [-0.2, -0.15) is 13.2 Å². The zero-order valence-electron chi connectivity index (χ0n) is 15.6. The lowest BCUT2D eigenvalue weighted by Crippen LogP contribution is -2.20. The summed E-state index contributed by atoms with van der Waals surface area (Å²) in [5.41, 5.74) is 0.156. The van der Waals surface area contributed by atoms with Crippen LogP contribution in [0.1, 0.15) is 11.1 Å². The van der Waals surface area contributed by atoms with E-state index in [1.54, 1.807) is 42.7 Å². The van der Waals surface area contributed by atoms with E-state index in [4.69, 9.17) is 4.74 Å². The van der Waals surface area contributed by atoms with Gasteiger partial charge < -0.3 is 4.74 Å². The van der Waals surface area contributed by atoms with E-state index in [9.17, 15) is 18.0 Å². The van der Waals surface area contributed by atoms with Crippen LogP contribution in [0.25, 0.3) is 11.3 Å². The van der Waals surface area contributed by atoms with Crippen LogP contribution < -0.4 is 10.3 Å². The van der Waals surface area contributed by atoms with Gasteiger partial charge >= 0.3 is 11.7 Å². The van der Waals surface area contributed by atoms with Gasteiger partial charge in [-0.1, -0.05) is 36.0 Å². The number of ether oxygens (including phenoxy) is 1. The first-order chi connectivity index (χ1) is 14.4. The highest BCUT2D eigenvalue weighted by molar-refractivity contribution is 7.98. The van der Waals surface area contributed by atoms with Crippen LogP contribution in [0.4, 0.5) is 13.2 Å². The highest BCUT2D eigenvalue weighted by Gasteiger charge is 2.30. The fraction of sp³-hybridized carbons (Fsp3) is 0.150. The molecule has 0 saturated carbocycles. The first-order valence-corrected chi connectivity index (χ1v) is 9.75. The molecule has 0 saturated heterocycles. The molecule has 0 N–H and O–H groups in total. The lowest BCUT2D eigenvalue weighted by atomic mass is 10.1. The van der Waals surface area contributed by atoms with Crippen molar-refractivity contribution < 1.29 is 17.9 Å². The lowest BCUT2D eigenvalue weighted by molar-refractivity contribution is -0.137. The fourth-order valence-electron chi connectivity index (χ4n) is 2.91.